The topological polar surface area (TPSA) is 97.9 Å². The molecule has 0 saturated carbocycles. The Hall–Kier alpha value is -4.01. The zero-order valence-corrected chi connectivity index (χ0v) is 27.1. The van der Waals surface area contributed by atoms with Crippen LogP contribution in [-0.2, 0) is 16.5 Å². The van der Waals surface area contributed by atoms with E-state index < -0.39 is 27.4 Å². The molecule has 0 atom stereocenters. The third-order valence-electron chi connectivity index (χ3n) is 9.71. The first-order valence-electron chi connectivity index (χ1n) is 14.9. The summed E-state index contributed by atoms with van der Waals surface area (Å²) >= 11 is 0. The Morgan fingerprint density at radius 2 is 1.64 bits per heavy atom. The monoisotopic (exact) mass is 611 g/mol. The molecular formula is C36H39N2O5S+. The summed E-state index contributed by atoms with van der Waals surface area (Å²) < 4.78 is 36.5. The van der Waals surface area contributed by atoms with Crippen molar-refractivity contribution in [3.05, 3.63) is 110 Å². The molecule has 2 N–H and O–H groups in total. The fraction of sp³-hybridized carbons (Fsp3) is 0.333. The summed E-state index contributed by atoms with van der Waals surface area (Å²) in [5.41, 5.74) is 8.46. The highest BCUT2D eigenvalue weighted by Crippen LogP contribution is 2.43. The van der Waals surface area contributed by atoms with Crippen LogP contribution in [0.4, 0.5) is 5.69 Å². The maximum absolute atomic E-state index is 12.6. The van der Waals surface area contributed by atoms with Gasteiger partial charge in [-0.25, -0.2) is 9.37 Å². The van der Waals surface area contributed by atoms with Crippen LogP contribution in [0, 0.1) is 0 Å². The van der Waals surface area contributed by atoms with Gasteiger partial charge >= 0.3 is 5.97 Å². The molecule has 3 aromatic carbocycles. The molecule has 0 amide bonds. The van der Waals surface area contributed by atoms with Gasteiger partial charge in [-0.3, -0.25) is 4.55 Å². The molecule has 6 rings (SSSR count). The van der Waals surface area contributed by atoms with Crippen molar-refractivity contribution in [2.45, 2.75) is 58.5 Å². The average Bonchev–Trinajstić information content (AvgIpc) is 2.94. The second-order valence-corrected chi connectivity index (χ2v) is 14.8. The maximum Gasteiger partial charge on any atom is 0.336 e. The van der Waals surface area contributed by atoms with Crippen LogP contribution in [-0.4, -0.2) is 55.0 Å². The number of rotatable bonds is 5. The summed E-state index contributed by atoms with van der Waals surface area (Å²) in [6, 6.07) is 15.7. The standard InChI is InChI=1S/C36H38N2O5S/c1-8-21-18-35(2,3)37(6)31-14-22-13-23-15-32-28(24(20-44(41,42)43)19-36(4,5)38(32)7)17-30(23)33(29(22)16-27(21)31)25-11-9-10-12-26(25)34(39)40/h9-12,14-19H,8,13,20H2,1-7H3,(H-,39,40,41,42,43)/p+1. The van der Waals surface area contributed by atoms with Gasteiger partial charge in [0.15, 0.2) is 5.54 Å². The lowest BCUT2D eigenvalue weighted by Gasteiger charge is -2.42. The van der Waals surface area contributed by atoms with Crippen molar-refractivity contribution in [2.75, 3.05) is 24.7 Å². The van der Waals surface area contributed by atoms with E-state index in [2.05, 4.69) is 61.6 Å². The lowest BCUT2D eigenvalue weighted by molar-refractivity contribution is 0.0696. The van der Waals surface area contributed by atoms with Crippen LogP contribution < -0.4 is 20.1 Å². The van der Waals surface area contributed by atoms with Gasteiger partial charge in [0.2, 0.25) is 5.36 Å². The van der Waals surface area contributed by atoms with Crippen molar-refractivity contribution in [1.82, 2.24) is 4.58 Å². The van der Waals surface area contributed by atoms with E-state index in [0.717, 1.165) is 50.5 Å². The highest BCUT2D eigenvalue weighted by Gasteiger charge is 2.35. The molecule has 0 radical (unpaired) electrons. The van der Waals surface area contributed by atoms with Crippen molar-refractivity contribution < 1.29 is 22.9 Å². The van der Waals surface area contributed by atoms with Gasteiger partial charge < -0.3 is 10.0 Å². The minimum Gasteiger partial charge on any atom is -0.478 e. The Kier molecular flexibility index (Phi) is 6.83. The SMILES string of the molecule is CCC1=CC(C)(C)[N+](C)=c2cc3c(cc21)=C(c1ccccc1C(=O)O)c1cc2c(cc1C3)N(C)C(C)(C)C=C2CS(=O)(=O)O. The summed E-state index contributed by atoms with van der Waals surface area (Å²) in [7, 11) is -0.202. The quantitative estimate of drug-likeness (QED) is 0.250. The second kappa shape index (κ2) is 10.0. The molecule has 3 aliphatic rings. The van der Waals surface area contributed by atoms with Crippen LogP contribution in [0.5, 0.6) is 0 Å². The largest absolute Gasteiger partial charge is 0.478 e. The molecule has 2 aliphatic heterocycles. The van der Waals surface area contributed by atoms with Crippen molar-refractivity contribution >= 4 is 38.5 Å². The van der Waals surface area contributed by atoms with Gasteiger partial charge in [0.25, 0.3) is 10.1 Å². The molecular weight excluding hydrogens is 572 g/mol. The van der Waals surface area contributed by atoms with Crippen LogP contribution in [0.15, 0.2) is 60.7 Å². The van der Waals surface area contributed by atoms with E-state index in [-0.39, 0.29) is 11.1 Å². The summed E-state index contributed by atoms with van der Waals surface area (Å²) in [6.07, 6.45) is 5.70. The maximum atomic E-state index is 12.6. The molecule has 0 spiro atoms. The second-order valence-electron chi connectivity index (χ2n) is 13.3. The van der Waals surface area contributed by atoms with Crippen molar-refractivity contribution in [1.29, 1.82) is 0 Å². The zero-order valence-electron chi connectivity index (χ0n) is 26.3. The number of allylic oxidation sites excluding steroid dienone is 1. The lowest BCUT2D eigenvalue weighted by atomic mass is 9.78. The third kappa shape index (κ3) is 4.81. The number of carbonyl (C=O) groups is 1. The van der Waals surface area contributed by atoms with Crippen LogP contribution >= 0.6 is 0 Å². The number of benzene rings is 3. The van der Waals surface area contributed by atoms with Gasteiger partial charge in [-0.1, -0.05) is 31.2 Å². The molecule has 0 bridgehead atoms. The van der Waals surface area contributed by atoms with Gasteiger partial charge in [0, 0.05) is 43.8 Å². The number of hydrogen-bond donors (Lipinski definition) is 2. The van der Waals surface area contributed by atoms with Crippen LogP contribution in [0.25, 0.3) is 16.7 Å². The first kappa shape index (κ1) is 30.0. The number of fused-ring (bicyclic) bond motifs is 4. The molecule has 44 heavy (non-hydrogen) atoms. The van der Waals surface area contributed by atoms with Gasteiger partial charge in [0.1, 0.15) is 12.8 Å². The molecule has 0 unspecified atom stereocenters. The summed E-state index contributed by atoms with van der Waals surface area (Å²) in [4.78, 5) is 14.7. The Morgan fingerprint density at radius 1 is 0.932 bits per heavy atom. The molecule has 7 nitrogen and oxygen atoms in total. The fourth-order valence-electron chi connectivity index (χ4n) is 7.05. The lowest BCUT2D eigenvalue weighted by Crippen LogP contribution is -2.47. The van der Waals surface area contributed by atoms with Crippen LogP contribution in [0.1, 0.15) is 84.8 Å². The Balaban J connectivity index is 1.76. The number of carboxylic acids is 1. The Labute approximate surface area is 258 Å². The molecule has 228 valence electrons. The van der Waals surface area contributed by atoms with E-state index in [1.807, 2.05) is 45.2 Å². The van der Waals surface area contributed by atoms with E-state index in [0.29, 0.717) is 23.1 Å². The van der Waals surface area contributed by atoms with Gasteiger partial charge in [-0.2, -0.15) is 8.42 Å². The van der Waals surface area contributed by atoms with E-state index in [1.165, 1.54) is 5.57 Å². The Morgan fingerprint density at radius 3 is 2.30 bits per heavy atom. The number of hydrogen-bond acceptors (Lipinski definition) is 4. The minimum absolute atomic E-state index is 0.162. The van der Waals surface area contributed by atoms with E-state index in [4.69, 9.17) is 0 Å². The molecule has 2 heterocycles. The van der Waals surface area contributed by atoms with Gasteiger partial charge in [-0.05, 0) is 101 Å². The predicted molar refractivity (Wildman–Crippen MR) is 176 cm³/mol. The number of likely N-dealkylation sites (N-methyl/N-ethyl adjacent to an activating group) is 2. The summed E-state index contributed by atoms with van der Waals surface area (Å²) in [6.45, 7) is 10.6. The average molecular weight is 612 g/mol. The first-order valence-corrected chi connectivity index (χ1v) is 16.5. The summed E-state index contributed by atoms with van der Waals surface area (Å²) in [5.74, 6) is -1.52. The highest BCUT2D eigenvalue weighted by atomic mass is 32.2. The Bertz CT molecular complexity index is 2080. The fourth-order valence-corrected chi connectivity index (χ4v) is 7.68. The first-order chi connectivity index (χ1) is 20.5. The molecule has 0 fully saturated rings. The molecule has 0 saturated heterocycles. The van der Waals surface area contributed by atoms with E-state index >= 15 is 0 Å². The van der Waals surface area contributed by atoms with Crippen LogP contribution in [0.2, 0.25) is 0 Å². The van der Waals surface area contributed by atoms with Gasteiger partial charge in [0.05, 0.1) is 11.1 Å². The summed E-state index contributed by atoms with van der Waals surface area (Å²) in [5, 5.41) is 12.4. The molecule has 8 heteroatoms. The number of aromatic carboxylic acids is 1. The van der Waals surface area contributed by atoms with Crippen molar-refractivity contribution in [3.8, 4) is 0 Å². The normalized spacial score (nSPS) is 18.0. The predicted octanol–water partition coefficient (Wildman–Crippen LogP) is 4.74. The third-order valence-corrected chi connectivity index (χ3v) is 10.4. The smallest absolute Gasteiger partial charge is 0.336 e. The van der Waals surface area contributed by atoms with Gasteiger partial charge in [-0.15, -0.1) is 0 Å². The number of carboxylic acid groups (broad SMARTS) is 1. The molecule has 3 aromatic rings. The van der Waals surface area contributed by atoms with Crippen molar-refractivity contribution in [2.24, 2.45) is 0 Å². The van der Waals surface area contributed by atoms with E-state index in [1.54, 1.807) is 12.1 Å². The van der Waals surface area contributed by atoms with E-state index in [9.17, 15) is 22.9 Å². The minimum atomic E-state index is -4.30. The zero-order chi connectivity index (χ0) is 31.9. The van der Waals surface area contributed by atoms with Crippen molar-refractivity contribution in [3.63, 3.8) is 0 Å². The molecule has 0 aromatic heterocycles. The number of anilines is 1. The number of nitrogens with zero attached hydrogens (tertiary/aromatic N) is 2. The highest BCUT2D eigenvalue weighted by molar-refractivity contribution is 7.86. The van der Waals surface area contributed by atoms with Crippen LogP contribution in [0.3, 0.4) is 0 Å². The molecule has 1 aliphatic carbocycles.